The van der Waals surface area contributed by atoms with Crippen molar-refractivity contribution in [2.75, 3.05) is 0 Å². The largest absolute Gasteiger partial charge is 0.350 e. The lowest BCUT2D eigenvalue weighted by molar-refractivity contribution is -0.141. The van der Waals surface area contributed by atoms with Gasteiger partial charge in [0.2, 0.25) is 11.8 Å². The quantitative estimate of drug-likeness (QED) is 0.324. The van der Waals surface area contributed by atoms with Gasteiger partial charge in [-0.15, -0.1) is 11.3 Å². The molecule has 4 rings (SSSR count). The van der Waals surface area contributed by atoms with Crippen molar-refractivity contribution in [2.45, 2.75) is 32.5 Å². The van der Waals surface area contributed by atoms with Crippen LogP contribution >= 0.6 is 11.3 Å². The number of halogens is 1. The third kappa shape index (κ3) is 6.64. The molecule has 6 heteroatoms. The molecular formula is C29H27FN2O2S. The Balaban J connectivity index is 1.68. The van der Waals surface area contributed by atoms with Crippen LogP contribution in [0.15, 0.2) is 96.4 Å². The van der Waals surface area contributed by atoms with Crippen molar-refractivity contribution in [2.24, 2.45) is 0 Å². The molecule has 178 valence electrons. The van der Waals surface area contributed by atoms with E-state index < -0.39 is 6.04 Å². The second kappa shape index (κ2) is 11.6. The van der Waals surface area contributed by atoms with E-state index in [1.54, 1.807) is 17.0 Å². The molecule has 0 bridgehead atoms. The van der Waals surface area contributed by atoms with Gasteiger partial charge < -0.3 is 10.2 Å². The van der Waals surface area contributed by atoms with Crippen LogP contribution in [0.2, 0.25) is 0 Å². The second-order valence-corrected chi connectivity index (χ2v) is 9.45. The number of carbonyl (C=O) groups excluding carboxylic acids is 2. The lowest BCUT2D eigenvalue weighted by Crippen LogP contribution is -2.43. The molecule has 0 fully saturated rings. The van der Waals surface area contributed by atoms with Gasteiger partial charge in [-0.05, 0) is 47.2 Å². The summed E-state index contributed by atoms with van der Waals surface area (Å²) in [5.74, 6) is -0.780. The van der Waals surface area contributed by atoms with Crippen LogP contribution in [0.5, 0.6) is 0 Å². The van der Waals surface area contributed by atoms with Crippen LogP contribution in [0.3, 0.4) is 0 Å². The Labute approximate surface area is 209 Å². The van der Waals surface area contributed by atoms with Crippen LogP contribution in [0, 0.1) is 12.7 Å². The van der Waals surface area contributed by atoms with Gasteiger partial charge in [0.15, 0.2) is 0 Å². The van der Waals surface area contributed by atoms with Gasteiger partial charge in [-0.2, -0.15) is 0 Å². The molecule has 3 aromatic carbocycles. The van der Waals surface area contributed by atoms with E-state index in [-0.39, 0.29) is 30.6 Å². The van der Waals surface area contributed by atoms with Crippen LogP contribution < -0.4 is 5.32 Å². The molecule has 4 nitrogen and oxygen atoms in total. The number of benzene rings is 3. The van der Waals surface area contributed by atoms with E-state index in [2.05, 4.69) is 5.32 Å². The maximum absolute atomic E-state index is 13.6. The molecule has 35 heavy (non-hydrogen) atoms. The number of aryl methyl sites for hydroxylation is 1. The summed E-state index contributed by atoms with van der Waals surface area (Å²) < 4.78 is 13.5. The van der Waals surface area contributed by atoms with E-state index in [1.807, 2.05) is 79.0 Å². The van der Waals surface area contributed by atoms with Gasteiger partial charge in [-0.1, -0.05) is 78.4 Å². The molecule has 1 aromatic heterocycles. The number of nitrogens with one attached hydrogen (secondary N) is 1. The van der Waals surface area contributed by atoms with Gasteiger partial charge in [0.1, 0.15) is 11.9 Å². The smallest absolute Gasteiger partial charge is 0.247 e. The first-order valence-electron chi connectivity index (χ1n) is 11.4. The molecule has 4 aromatic rings. The van der Waals surface area contributed by atoms with Gasteiger partial charge in [-0.3, -0.25) is 9.59 Å². The number of rotatable bonds is 9. The summed E-state index contributed by atoms with van der Waals surface area (Å²) in [5.41, 5.74) is 3.51. The fraction of sp³-hybridized carbons (Fsp3) is 0.172. The highest BCUT2D eigenvalue weighted by atomic mass is 32.1. The fourth-order valence-corrected chi connectivity index (χ4v) is 4.57. The lowest BCUT2D eigenvalue weighted by atomic mass is 10.0. The summed E-state index contributed by atoms with van der Waals surface area (Å²) in [6.45, 7) is 2.51. The Bertz CT molecular complexity index is 1240. The van der Waals surface area contributed by atoms with Crippen LogP contribution in [0.4, 0.5) is 4.39 Å². The van der Waals surface area contributed by atoms with Crippen molar-refractivity contribution in [1.82, 2.24) is 10.2 Å². The minimum absolute atomic E-state index is 0.169. The minimum atomic E-state index is -0.836. The number of carbonyl (C=O) groups is 2. The molecule has 0 aliphatic heterocycles. The van der Waals surface area contributed by atoms with E-state index >= 15 is 0 Å². The van der Waals surface area contributed by atoms with Crippen LogP contribution in [0.25, 0.3) is 0 Å². The maximum atomic E-state index is 13.6. The number of nitrogens with zero attached hydrogens (tertiary/aromatic N) is 1. The monoisotopic (exact) mass is 486 g/mol. The maximum Gasteiger partial charge on any atom is 0.247 e. The first-order valence-corrected chi connectivity index (χ1v) is 12.3. The molecule has 2 amide bonds. The van der Waals surface area contributed by atoms with E-state index in [1.165, 1.54) is 23.5 Å². The number of amides is 2. The average molecular weight is 487 g/mol. The van der Waals surface area contributed by atoms with Gasteiger partial charge in [-0.25, -0.2) is 4.39 Å². The lowest BCUT2D eigenvalue weighted by Gasteiger charge is -2.32. The molecule has 0 saturated heterocycles. The Hall–Kier alpha value is -3.77. The van der Waals surface area contributed by atoms with Gasteiger partial charge in [0.05, 0.1) is 6.42 Å². The summed E-state index contributed by atoms with van der Waals surface area (Å²) in [4.78, 5) is 29.8. The highest BCUT2D eigenvalue weighted by Crippen LogP contribution is 2.26. The van der Waals surface area contributed by atoms with Crippen LogP contribution in [0.1, 0.15) is 33.2 Å². The number of thiophene rings is 1. The Morgan fingerprint density at radius 2 is 1.60 bits per heavy atom. The molecular weight excluding hydrogens is 459 g/mol. The number of hydrogen-bond acceptors (Lipinski definition) is 3. The predicted molar refractivity (Wildman–Crippen MR) is 137 cm³/mol. The van der Waals surface area contributed by atoms with Crippen LogP contribution in [-0.2, 0) is 29.1 Å². The molecule has 1 N–H and O–H groups in total. The van der Waals surface area contributed by atoms with Gasteiger partial charge >= 0.3 is 0 Å². The topological polar surface area (TPSA) is 49.4 Å². The predicted octanol–water partition coefficient (Wildman–Crippen LogP) is 5.82. The highest BCUT2D eigenvalue weighted by molar-refractivity contribution is 7.10. The van der Waals surface area contributed by atoms with Crippen molar-refractivity contribution in [1.29, 1.82) is 0 Å². The van der Waals surface area contributed by atoms with E-state index in [4.69, 9.17) is 0 Å². The highest BCUT2D eigenvalue weighted by Gasteiger charge is 2.31. The van der Waals surface area contributed by atoms with E-state index in [0.29, 0.717) is 6.54 Å². The summed E-state index contributed by atoms with van der Waals surface area (Å²) in [6.07, 6.45) is 0.188. The van der Waals surface area contributed by atoms with Gasteiger partial charge in [0, 0.05) is 18.0 Å². The zero-order valence-electron chi connectivity index (χ0n) is 19.5. The fourth-order valence-electron chi connectivity index (χ4n) is 3.88. The average Bonchev–Trinajstić information content (AvgIpc) is 3.38. The summed E-state index contributed by atoms with van der Waals surface area (Å²) in [7, 11) is 0. The van der Waals surface area contributed by atoms with Gasteiger partial charge in [0.25, 0.3) is 0 Å². The normalized spacial score (nSPS) is 11.6. The SMILES string of the molecule is Cc1ccc([C@@H](C(=O)NCc2ccccc2)N(Cc2ccc(F)cc2)C(=O)Cc2cccs2)cc1. The second-order valence-electron chi connectivity index (χ2n) is 8.42. The summed E-state index contributed by atoms with van der Waals surface area (Å²) >= 11 is 1.50. The summed E-state index contributed by atoms with van der Waals surface area (Å²) in [5, 5.41) is 4.94. The third-order valence-electron chi connectivity index (χ3n) is 5.75. The molecule has 1 heterocycles. The van der Waals surface area contributed by atoms with Crippen molar-refractivity contribution < 1.29 is 14.0 Å². The molecule has 0 spiro atoms. The van der Waals surface area contributed by atoms with E-state index in [9.17, 15) is 14.0 Å². The Morgan fingerprint density at radius 3 is 2.26 bits per heavy atom. The summed E-state index contributed by atoms with van der Waals surface area (Å²) in [6, 6.07) is 26.3. The zero-order chi connectivity index (χ0) is 24.6. The molecule has 1 atom stereocenters. The number of hydrogen-bond donors (Lipinski definition) is 1. The van der Waals surface area contributed by atoms with Crippen molar-refractivity contribution >= 4 is 23.2 Å². The first-order chi connectivity index (χ1) is 17.0. The third-order valence-corrected chi connectivity index (χ3v) is 6.63. The van der Waals surface area contributed by atoms with Crippen molar-refractivity contribution in [3.63, 3.8) is 0 Å². The van der Waals surface area contributed by atoms with E-state index in [0.717, 1.165) is 27.1 Å². The molecule has 0 aliphatic carbocycles. The zero-order valence-corrected chi connectivity index (χ0v) is 20.3. The Morgan fingerprint density at radius 1 is 0.886 bits per heavy atom. The van der Waals surface area contributed by atoms with Crippen molar-refractivity contribution in [3.05, 3.63) is 129 Å². The minimum Gasteiger partial charge on any atom is -0.350 e. The van der Waals surface area contributed by atoms with Crippen LogP contribution in [-0.4, -0.2) is 16.7 Å². The molecule has 0 aliphatic rings. The Kier molecular flexibility index (Phi) is 8.06. The van der Waals surface area contributed by atoms with Crippen molar-refractivity contribution in [3.8, 4) is 0 Å². The molecule has 0 radical (unpaired) electrons. The standard InChI is InChI=1S/C29H27FN2O2S/c1-21-9-13-24(14-10-21)28(29(34)31-19-22-6-3-2-4-7-22)32(20-23-11-15-25(30)16-12-23)27(33)18-26-8-5-17-35-26/h2-17,28H,18-20H2,1H3,(H,31,34)/t28-/m0/s1. The first kappa shape index (κ1) is 24.4. The molecule has 0 saturated carbocycles. The molecule has 0 unspecified atom stereocenters.